The van der Waals surface area contributed by atoms with E-state index in [1.807, 2.05) is 0 Å². The largest absolute Gasteiger partial charge is 0.492 e. The summed E-state index contributed by atoms with van der Waals surface area (Å²) in [5.74, 6) is -12.3. The molecule has 0 saturated heterocycles. The number of hydrogen-bond donors (Lipinski definition) is 1. The molecule has 1 amide bonds. The van der Waals surface area contributed by atoms with Gasteiger partial charge in [-0.05, 0) is 49.6 Å². The summed E-state index contributed by atoms with van der Waals surface area (Å²) in [5, 5.41) is 9.30. The predicted octanol–water partition coefficient (Wildman–Crippen LogP) is 7.26. The first kappa shape index (κ1) is 34.9. The average molecular weight is 632 g/mol. The molecule has 0 aliphatic heterocycles. The van der Waals surface area contributed by atoms with Gasteiger partial charge < -0.3 is 24.2 Å². The first-order chi connectivity index (χ1) is 19.6. The molecule has 0 saturated carbocycles. The molecule has 42 heavy (non-hydrogen) atoms. The summed E-state index contributed by atoms with van der Waals surface area (Å²) in [6.45, 7) is 1.24. The fourth-order valence-electron chi connectivity index (χ4n) is 3.62. The van der Waals surface area contributed by atoms with Crippen molar-refractivity contribution in [3.8, 4) is 11.5 Å². The van der Waals surface area contributed by atoms with E-state index in [2.05, 4.69) is 0 Å². The minimum Gasteiger partial charge on any atom is -0.492 e. The number of halogens is 8. The third kappa shape index (κ3) is 9.93. The molecular weight excluding hydrogens is 603 g/mol. The third-order valence-electron chi connectivity index (χ3n) is 5.89. The van der Waals surface area contributed by atoms with Crippen LogP contribution in [-0.4, -0.2) is 72.5 Å². The Bertz CT molecular complexity index is 1160. The van der Waals surface area contributed by atoms with Gasteiger partial charge in [-0.3, -0.25) is 0 Å². The number of alkyl halides is 7. The number of aliphatic carboxylic acids is 1. The van der Waals surface area contributed by atoms with Crippen molar-refractivity contribution in [2.45, 2.75) is 56.7 Å². The van der Waals surface area contributed by atoms with E-state index in [1.165, 1.54) is 18.2 Å². The first-order valence-electron chi connectivity index (χ1n) is 12.7. The third-order valence-corrected chi connectivity index (χ3v) is 6.21. The van der Waals surface area contributed by atoms with E-state index in [-0.39, 0.29) is 49.9 Å². The second-order valence-corrected chi connectivity index (χ2v) is 9.41. The maximum Gasteiger partial charge on any atom is 0.459 e. The summed E-state index contributed by atoms with van der Waals surface area (Å²) in [6, 6.07) is 12.3. The van der Waals surface area contributed by atoms with Crippen molar-refractivity contribution < 1.29 is 59.6 Å². The van der Waals surface area contributed by atoms with Crippen LogP contribution in [0.4, 0.5) is 35.5 Å². The number of unbranched alkanes of at least 4 members (excludes halogenated alkanes) is 1. The minimum absolute atomic E-state index is 0.0197. The van der Waals surface area contributed by atoms with Gasteiger partial charge in [0.15, 0.2) is 11.9 Å². The van der Waals surface area contributed by atoms with E-state index < -0.39 is 49.0 Å². The SMILES string of the molecule is CCOC(Cc1ccc(OCCN(CCCCC(F)(F)C(F)(F)C(F)(F)F)C(=O)Oc2ccccc2Cl)cc1)C(=O)O. The van der Waals surface area contributed by atoms with Crippen molar-refractivity contribution >= 4 is 23.7 Å². The Kier molecular flexibility index (Phi) is 12.7. The second-order valence-electron chi connectivity index (χ2n) is 9.00. The molecule has 2 aromatic carbocycles. The maximum absolute atomic E-state index is 13.6. The highest BCUT2D eigenvalue weighted by Crippen LogP contribution is 2.48. The number of rotatable bonds is 16. The lowest BCUT2D eigenvalue weighted by molar-refractivity contribution is -0.355. The standard InChI is InChI=1S/C27H29ClF7NO6/c1-2-40-22(23(37)38)17-18-9-11-19(12-10-18)41-16-15-36(24(39)42-21-8-4-3-7-20(21)28)14-6-5-13-25(29,30)26(31,32)27(33,34)35/h3-4,7-12,22H,2,5-6,13-17H2,1H3,(H,37,38). The van der Waals surface area contributed by atoms with Crippen LogP contribution in [0.3, 0.4) is 0 Å². The summed E-state index contributed by atoms with van der Waals surface area (Å²) in [7, 11) is 0. The molecule has 1 atom stereocenters. The number of carbonyl (C=O) groups excluding carboxylic acids is 1. The lowest BCUT2D eigenvalue weighted by atomic mass is 10.0. The summed E-state index contributed by atoms with van der Waals surface area (Å²) in [6.07, 6.45) is -11.2. The molecule has 0 aliphatic rings. The fourth-order valence-corrected chi connectivity index (χ4v) is 3.80. The van der Waals surface area contributed by atoms with Crippen LogP contribution in [0.5, 0.6) is 11.5 Å². The molecule has 0 heterocycles. The number of ether oxygens (including phenoxy) is 3. The van der Waals surface area contributed by atoms with Gasteiger partial charge in [0.1, 0.15) is 12.4 Å². The van der Waals surface area contributed by atoms with Crippen LogP contribution in [-0.2, 0) is 16.0 Å². The highest BCUT2D eigenvalue weighted by molar-refractivity contribution is 6.32. The van der Waals surface area contributed by atoms with Crippen LogP contribution in [0.15, 0.2) is 48.5 Å². The molecular formula is C27H29ClF7NO6. The van der Waals surface area contributed by atoms with Gasteiger partial charge in [-0.2, -0.15) is 30.7 Å². The number of benzene rings is 2. The van der Waals surface area contributed by atoms with Gasteiger partial charge in [-0.15, -0.1) is 0 Å². The van der Waals surface area contributed by atoms with Gasteiger partial charge in [-0.25, -0.2) is 9.59 Å². The van der Waals surface area contributed by atoms with Crippen LogP contribution >= 0.6 is 11.6 Å². The Labute approximate surface area is 242 Å². The van der Waals surface area contributed by atoms with E-state index in [9.17, 15) is 45.4 Å². The molecule has 1 N–H and O–H groups in total. The molecule has 0 aliphatic carbocycles. The van der Waals surface area contributed by atoms with Gasteiger partial charge in [-0.1, -0.05) is 35.9 Å². The van der Waals surface area contributed by atoms with Gasteiger partial charge in [0.2, 0.25) is 0 Å². The van der Waals surface area contributed by atoms with Crippen LogP contribution in [0, 0.1) is 0 Å². The lowest BCUT2D eigenvalue weighted by Gasteiger charge is -2.28. The molecule has 234 valence electrons. The Morgan fingerprint density at radius 1 is 0.952 bits per heavy atom. The number of nitrogens with zero attached hydrogens (tertiary/aromatic N) is 1. The number of para-hydroxylation sites is 1. The molecule has 2 rings (SSSR count). The Morgan fingerprint density at radius 3 is 2.17 bits per heavy atom. The monoisotopic (exact) mass is 631 g/mol. The first-order valence-corrected chi connectivity index (χ1v) is 13.1. The highest BCUT2D eigenvalue weighted by Gasteiger charge is 2.72. The molecule has 0 fully saturated rings. The van der Waals surface area contributed by atoms with Crippen molar-refractivity contribution in [2.24, 2.45) is 0 Å². The average Bonchev–Trinajstić information content (AvgIpc) is 2.91. The normalized spacial score (nSPS) is 13.0. The fraction of sp³-hybridized carbons (Fsp3) is 0.481. The van der Waals surface area contributed by atoms with E-state index in [1.54, 1.807) is 37.3 Å². The van der Waals surface area contributed by atoms with Crippen LogP contribution in [0.1, 0.15) is 31.7 Å². The van der Waals surface area contributed by atoms with Crippen molar-refractivity contribution in [1.82, 2.24) is 4.90 Å². The Hall–Kier alpha value is -3.26. The molecule has 0 spiro atoms. The zero-order valence-corrected chi connectivity index (χ0v) is 23.1. The number of hydrogen-bond acceptors (Lipinski definition) is 5. The maximum atomic E-state index is 13.6. The Morgan fingerprint density at radius 2 is 1.60 bits per heavy atom. The number of carboxylic acid groups (broad SMARTS) is 1. The smallest absolute Gasteiger partial charge is 0.459 e. The van der Waals surface area contributed by atoms with Crippen molar-refractivity contribution in [3.05, 3.63) is 59.1 Å². The highest BCUT2D eigenvalue weighted by atomic mass is 35.5. The van der Waals surface area contributed by atoms with Crippen LogP contribution < -0.4 is 9.47 Å². The van der Waals surface area contributed by atoms with E-state index in [0.717, 1.165) is 4.90 Å². The summed E-state index contributed by atoms with van der Waals surface area (Å²) in [4.78, 5) is 25.0. The summed E-state index contributed by atoms with van der Waals surface area (Å²) in [5.41, 5.74) is 0.654. The van der Waals surface area contributed by atoms with E-state index in [4.69, 9.17) is 25.8 Å². The topological polar surface area (TPSA) is 85.3 Å². The van der Waals surface area contributed by atoms with Crippen LogP contribution in [0.25, 0.3) is 0 Å². The molecule has 2 aromatic rings. The summed E-state index contributed by atoms with van der Waals surface area (Å²) < 4.78 is 107. The van der Waals surface area contributed by atoms with Crippen molar-refractivity contribution in [2.75, 3.05) is 26.3 Å². The van der Waals surface area contributed by atoms with E-state index >= 15 is 0 Å². The lowest BCUT2D eigenvalue weighted by Crippen LogP contribution is -2.51. The molecule has 7 nitrogen and oxygen atoms in total. The quantitative estimate of drug-likeness (QED) is 0.155. The molecule has 15 heteroatoms. The zero-order chi connectivity index (χ0) is 31.6. The van der Waals surface area contributed by atoms with Gasteiger partial charge >= 0.3 is 30.1 Å². The number of carbonyl (C=O) groups is 2. The predicted molar refractivity (Wildman–Crippen MR) is 138 cm³/mol. The Balaban J connectivity index is 2.01. The number of amides is 1. The number of carboxylic acids is 1. The minimum atomic E-state index is -6.42. The molecule has 0 radical (unpaired) electrons. The second kappa shape index (κ2) is 15.3. The van der Waals surface area contributed by atoms with Gasteiger partial charge in [0.25, 0.3) is 0 Å². The van der Waals surface area contributed by atoms with Crippen molar-refractivity contribution in [3.63, 3.8) is 0 Å². The van der Waals surface area contributed by atoms with Gasteiger partial charge in [0, 0.05) is 26.0 Å². The van der Waals surface area contributed by atoms with Crippen molar-refractivity contribution in [1.29, 1.82) is 0 Å². The molecule has 1 unspecified atom stereocenters. The van der Waals surface area contributed by atoms with E-state index in [0.29, 0.717) is 11.3 Å². The van der Waals surface area contributed by atoms with Crippen LogP contribution in [0.2, 0.25) is 5.02 Å². The van der Waals surface area contributed by atoms with Gasteiger partial charge in [0.05, 0.1) is 11.6 Å². The summed E-state index contributed by atoms with van der Waals surface area (Å²) >= 11 is 5.99. The zero-order valence-electron chi connectivity index (χ0n) is 22.3. The molecule has 0 aromatic heterocycles. The molecule has 0 bridgehead atoms.